The van der Waals surface area contributed by atoms with Crippen LogP contribution in [0.4, 0.5) is 0 Å². The SMILES string of the molecule is Cc1ccc(C(=O)CSc2nnc(-c3ccc(Br)cc3)o2)c(C)c1. The van der Waals surface area contributed by atoms with E-state index in [2.05, 4.69) is 26.1 Å². The lowest BCUT2D eigenvalue weighted by Gasteiger charge is -2.04. The maximum atomic E-state index is 12.3. The first-order chi connectivity index (χ1) is 11.5. The molecule has 0 spiro atoms. The molecule has 4 nitrogen and oxygen atoms in total. The molecule has 3 aromatic rings. The number of nitrogens with zero attached hydrogens (tertiary/aromatic N) is 2. The summed E-state index contributed by atoms with van der Waals surface area (Å²) in [5.41, 5.74) is 3.72. The van der Waals surface area contributed by atoms with E-state index < -0.39 is 0 Å². The van der Waals surface area contributed by atoms with E-state index in [9.17, 15) is 4.79 Å². The highest BCUT2D eigenvalue weighted by Crippen LogP contribution is 2.25. The number of hydrogen-bond acceptors (Lipinski definition) is 5. The van der Waals surface area contributed by atoms with Crippen LogP contribution in [0.1, 0.15) is 21.5 Å². The molecule has 6 heteroatoms. The Morgan fingerprint density at radius 1 is 1.12 bits per heavy atom. The number of carbonyl (C=O) groups excluding carboxylic acids is 1. The van der Waals surface area contributed by atoms with Crippen molar-refractivity contribution in [1.29, 1.82) is 0 Å². The Bertz CT molecular complexity index is 875. The largest absolute Gasteiger partial charge is 0.411 e. The molecule has 3 rings (SSSR count). The van der Waals surface area contributed by atoms with E-state index in [1.54, 1.807) is 0 Å². The van der Waals surface area contributed by atoms with E-state index in [1.807, 2.05) is 56.3 Å². The van der Waals surface area contributed by atoms with Gasteiger partial charge in [-0.15, -0.1) is 10.2 Å². The lowest BCUT2D eigenvalue weighted by molar-refractivity contribution is 0.102. The molecule has 1 aromatic heterocycles. The molecule has 0 amide bonds. The number of carbonyl (C=O) groups is 1. The van der Waals surface area contributed by atoms with Gasteiger partial charge in [-0.05, 0) is 43.7 Å². The molecule has 0 radical (unpaired) electrons. The molecular formula is C18H15BrN2O2S. The first-order valence-electron chi connectivity index (χ1n) is 7.35. The average molecular weight is 403 g/mol. The van der Waals surface area contributed by atoms with Gasteiger partial charge in [0.2, 0.25) is 5.89 Å². The number of ketones is 1. The monoisotopic (exact) mass is 402 g/mol. The Kier molecular flexibility index (Phi) is 5.16. The molecule has 0 aliphatic carbocycles. The van der Waals surface area contributed by atoms with E-state index >= 15 is 0 Å². The normalized spacial score (nSPS) is 10.8. The number of Topliss-reactive ketones (excluding diaryl/α,β-unsaturated/α-hetero) is 1. The summed E-state index contributed by atoms with van der Waals surface area (Å²) in [6.07, 6.45) is 0. The molecule has 0 saturated heterocycles. The van der Waals surface area contributed by atoms with E-state index in [4.69, 9.17) is 4.42 Å². The van der Waals surface area contributed by atoms with Crippen LogP contribution >= 0.6 is 27.7 Å². The Morgan fingerprint density at radius 2 is 1.88 bits per heavy atom. The highest BCUT2D eigenvalue weighted by Gasteiger charge is 2.13. The average Bonchev–Trinajstić information content (AvgIpc) is 3.02. The lowest BCUT2D eigenvalue weighted by atomic mass is 10.0. The van der Waals surface area contributed by atoms with Crippen molar-refractivity contribution in [2.75, 3.05) is 5.75 Å². The zero-order valence-corrected chi connectivity index (χ0v) is 15.6. The predicted octanol–water partition coefficient (Wildman–Crippen LogP) is 5.09. The minimum absolute atomic E-state index is 0.0564. The van der Waals surface area contributed by atoms with Gasteiger partial charge in [0, 0.05) is 15.6 Å². The molecule has 1 heterocycles. The van der Waals surface area contributed by atoms with Gasteiger partial charge in [0.15, 0.2) is 5.78 Å². The molecule has 122 valence electrons. The third-order valence-electron chi connectivity index (χ3n) is 3.51. The summed E-state index contributed by atoms with van der Waals surface area (Å²) in [5, 5.41) is 8.43. The van der Waals surface area contributed by atoms with Crippen LogP contribution in [-0.4, -0.2) is 21.7 Å². The van der Waals surface area contributed by atoms with Crippen LogP contribution < -0.4 is 0 Å². The summed E-state index contributed by atoms with van der Waals surface area (Å²) in [7, 11) is 0. The molecule has 24 heavy (non-hydrogen) atoms. The maximum absolute atomic E-state index is 12.3. The molecule has 0 aliphatic rings. The number of halogens is 1. The van der Waals surface area contributed by atoms with Gasteiger partial charge in [0.1, 0.15) is 0 Å². The van der Waals surface area contributed by atoms with Crippen molar-refractivity contribution in [3.05, 3.63) is 63.6 Å². The third-order valence-corrected chi connectivity index (χ3v) is 4.85. The van der Waals surface area contributed by atoms with Crippen molar-refractivity contribution in [3.8, 4) is 11.5 Å². The van der Waals surface area contributed by atoms with Crippen molar-refractivity contribution in [3.63, 3.8) is 0 Å². The van der Waals surface area contributed by atoms with Crippen molar-refractivity contribution in [2.45, 2.75) is 19.1 Å². The molecule has 2 aromatic carbocycles. The van der Waals surface area contributed by atoms with Crippen LogP contribution in [0.25, 0.3) is 11.5 Å². The quantitative estimate of drug-likeness (QED) is 0.439. The van der Waals surface area contributed by atoms with E-state index in [0.717, 1.165) is 26.7 Å². The van der Waals surface area contributed by atoms with Gasteiger partial charge >= 0.3 is 0 Å². The molecular weight excluding hydrogens is 388 g/mol. The van der Waals surface area contributed by atoms with Crippen LogP contribution in [0.3, 0.4) is 0 Å². The molecule has 0 aliphatic heterocycles. The van der Waals surface area contributed by atoms with Crippen LogP contribution in [0.5, 0.6) is 0 Å². The molecule has 0 N–H and O–H groups in total. The molecule has 0 fully saturated rings. The number of rotatable bonds is 5. The van der Waals surface area contributed by atoms with Crippen molar-refractivity contribution in [1.82, 2.24) is 10.2 Å². The maximum Gasteiger partial charge on any atom is 0.277 e. The smallest absolute Gasteiger partial charge is 0.277 e. The summed E-state index contributed by atoms with van der Waals surface area (Å²) in [4.78, 5) is 12.3. The fraction of sp³-hybridized carbons (Fsp3) is 0.167. The van der Waals surface area contributed by atoms with Gasteiger partial charge in [0.25, 0.3) is 5.22 Å². The molecule has 0 unspecified atom stereocenters. The zero-order chi connectivity index (χ0) is 17.1. The first-order valence-corrected chi connectivity index (χ1v) is 9.13. The predicted molar refractivity (Wildman–Crippen MR) is 98.4 cm³/mol. The van der Waals surface area contributed by atoms with E-state index in [0.29, 0.717) is 11.1 Å². The number of hydrogen-bond donors (Lipinski definition) is 0. The van der Waals surface area contributed by atoms with Gasteiger partial charge in [-0.1, -0.05) is 51.5 Å². The van der Waals surface area contributed by atoms with Gasteiger partial charge in [0.05, 0.1) is 5.75 Å². The van der Waals surface area contributed by atoms with Crippen molar-refractivity contribution < 1.29 is 9.21 Å². The highest BCUT2D eigenvalue weighted by molar-refractivity contribution is 9.10. The highest BCUT2D eigenvalue weighted by atomic mass is 79.9. The first kappa shape index (κ1) is 16.9. The Balaban J connectivity index is 1.67. The van der Waals surface area contributed by atoms with Crippen LogP contribution in [0, 0.1) is 13.8 Å². The summed E-state index contributed by atoms with van der Waals surface area (Å²) in [6.45, 7) is 3.96. The number of aryl methyl sites for hydroxylation is 2. The van der Waals surface area contributed by atoms with Gasteiger partial charge < -0.3 is 4.42 Å². The second-order valence-corrected chi connectivity index (χ2v) is 7.25. The summed E-state index contributed by atoms with van der Waals surface area (Å²) >= 11 is 4.64. The lowest BCUT2D eigenvalue weighted by Crippen LogP contribution is -2.04. The Morgan fingerprint density at radius 3 is 2.58 bits per heavy atom. The van der Waals surface area contributed by atoms with Gasteiger partial charge in [-0.25, -0.2) is 0 Å². The van der Waals surface area contributed by atoms with Crippen molar-refractivity contribution >= 4 is 33.5 Å². The minimum atomic E-state index is 0.0564. The van der Waals surface area contributed by atoms with Gasteiger partial charge in [-0.2, -0.15) is 0 Å². The molecule has 0 saturated carbocycles. The summed E-state index contributed by atoms with van der Waals surface area (Å²) in [6, 6.07) is 13.4. The summed E-state index contributed by atoms with van der Waals surface area (Å²) < 4.78 is 6.60. The van der Waals surface area contributed by atoms with Crippen LogP contribution in [0.2, 0.25) is 0 Å². The summed E-state index contributed by atoms with van der Waals surface area (Å²) in [5.74, 6) is 0.774. The van der Waals surface area contributed by atoms with Crippen molar-refractivity contribution in [2.24, 2.45) is 0 Å². The van der Waals surface area contributed by atoms with E-state index in [-0.39, 0.29) is 11.5 Å². The number of benzene rings is 2. The zero-order valence-electron chi connectivity index (χ0n) is 13.2. The Hall–Kier alpha value is -1.92. The number of aromatic nitrogens is 2. The Labute approximate surface area is 152 Å². The number of thioether (sulfide) groups is 1. The third kappa shape index (κ3) is 3.94. The minimum Gasteiger partial charge on any atom is -0.411 e. The topological polar surface area (TPSA) is 56.0 Å². The van der Waals surface area contributed by atoms with Crippen LogP contribution in [0.15, 0.2) is 56.6 Å². The molecule has 0 atom stereocenters. The van der Waals surface area contributed by atoms with Crippen LogP contribution in [-0.2, 0) is 0 Å². The standard InChI is InChI=1S/C18H15BrN2O2S/c1-11-3-8-15(12(2)9-11)16(22)10-24-18-21-20-17(23-18)13-4-6-14(19)7-5-13/h3-9H,10H2,1-2H3. The fourth-order valence-corrected chi connectivity index (χ4v) is 3.22. The van der Waals surface area contributed by atoms with Gasteiger partial charge in [-0.3, -0.25) is 4.79 Å². The second-order valence-electron chi connectivity index (χ2n) is 5.41. The molecule has 0 bridgehead atoms. The van der Waals surface area contributed by atoms with E-state index in [1.165, 1.54) is 11.8 Å². The fourth-order valence-electron chi connectivity index (χ4n) is 2.31. The second kappa shape index (κ2) is 7.32.